The van der Waals surface area contributed by atoms with E-state index < -0.39 is 0 Å². The summed E-state index contributed by atoms with van der Waals surface area (Å²) < 4.78 is 0. The lowest BCUT2D eigenvalue weighted by Crippen LogP contribution is -2.55. The maximum absolute atomic E-state index is 11.4. The van der Waals surface area contributed by atoms with Gasteiger partial charge in [-0.05, 0) is 88.9 Å². The Balaban J connectivity index is 1.57. The first-order chi connectivity index (χ1) is 12.8. The van der Waals surface area contributed by atoms with Gasteiger partial charge < -0.3 is 5.11 Å². The third-order valence-electron chi connectivity index (χ3n) is 10.2. The molecule has 1 heteroatoms. The summed E-state index contributed by atoms with van der Waals surface area (Å²) in [6.45, 7) is 11.6. The molecule has 6 atom stereocenters. The second kappa shape index (κ2) is 5.85. The van der Waals surface area contributed by atoms with Crippen LogP contribution < -0.4 is 0 Å². The van der Waals surface area contributed by atoms with Crippen LogP contribution in [-0.4, -0.2) is 10.7 Å². The van der Waals surface area contributed by atoms with Gasteiger partial charge in [-0.15, -0.1) is 0 Å². The Morgan fingerprint density at radius 3 is 2.52 bits per heavy atom. The van der Waals surface area contributed by atoms with E-state index in [1.807, 2.05) is 0 Å². The van der Waals surface area contributed by atoms with Crippen molar-refractivity contribution in [1.82, 2.24) is 0 Å². The molecule has 5 rings (SSSR count). The fraction of sp³-hybridized carbons (Fsp3) is 0.769. The van der Waals surface area contributed by atoms with E-state index in [4.69, 9.17) is 0 Å². The van der Waals surface area contributed by atoms with Crippen LogP contribution in [0.1, 0.15) is 85.0 Å². The molecule has 0 aromatic rings. The summed E-state index contributed by atoms with van der Waals surface area (Å²) in [4.78, 5) is 0. The summed E-state index contributed by atoms with van der Waals surface area (Å²) in [5.74, 6) is 2.75. The smallest absolute Gasteiger partial charge is 0.0676 e. The topological polar surface area (TPSA) is 20.2 Å². The van der Waals surface area contributed by atoms with E-state index in [1.54, 1.807) is 5.57 Å². The Morgan fingerprint density at radius 1 is 1.11 bits per heavy atom. The van der Waals surface area contributed by atoms with Crippen LogP contribution in [0.3, 0.4) is 0 Å². The van der Waals surface area contributed by atoms with Gasteiger partial charge in [0.1, 0.15) is 0 Å². The average molecular weight is 367 g/mol. The second-order valence-corrected chi connectivity index (χ2v) is 11.1. The van der Waals surface area contributed by atoms with Crippen LogP contribution in [0, 0.1) is 34.5 Å². The molecule has 0 aromatic carbocycles. The van der Waals surface area contributed by atoms with Crippen LogP contribution >= 0.6 is 0 Å². The van der Waals surface area contributed by atoms with Gasteiger partial charge in [0, 0.05) is 10.8 Å². The van der Waals surface area contributed by atoms with E-state index in [-0.39, 0.29) is 5.60 Å². The molecule has 0 amide bonds. The van der Waals surface area contributed by atoms with E-state index >= 15 is 0 Å². The highest BCUT2D eigenvalue weighted by Crippen LogP contribution is 2.73. The number of allylic oxidation sites excluding steroid dienone is 5. The van der Waals surface area contributed by atoms with Crippen LogP contribution in [0.25, 0.3) is 0 Å². The largest absolute Gasteiger partial charge is 0.390 e. The van der Waals surface area contributed by atoms with Gasteiger partial charge in [-0.3, -0.25) is 0 Å². The SMILES string of the molecule is C=C(C)C1CC2=C(C)C=CC34CC(C5(O)CCCC5)CC3CCC(C1)C24C. The normalized spacial score (nSPS) is 47.7. The molecule has 4 fully saturated rings. The number of rotatable bonds is 2. The molecule has 148 valence electrons. The molecule has 1 nitrogen and oxygen atoms in total. The first kappa shape index (κ1) is 18.2. The summed E-state index contributed by atoms with van der Waals surface area (Å²) in [5, 5.41) is 11.4. The number of aliphatic hydroxyl groups is 1. The first-order valence-electron chi connectivity index (χ1n) is 11.6. The Kier molecular flexibility index (Phi) is 3.95. The summed E-state index contributed by atoms with van der Waals surface area (Å²) in [7, 11) is 0. The van der Waals surface area contributed by atoms with Crippen LogP contribution in [-0.2, 0) is 0 Å². The van der Waals surface area contributed by atoms with Crippen molar-refractivity contribution in [2.24, 2.45) is 34.5 Å². The van der Waals surface area contributed by atoms with Crippen LogP contribution in [0.2, 0.25) is 0 Å². The summed E-state index contributed by atoms with van der Waals surface area (Å²) in [5.41, 5.74) is 4.91. The van der Waals surface area contributed by atoms with Gasteiger partial charge in [0.05, 0.1) is 5.60 Å². The van der Waals surface area contributed by atoms with E-state index in [2.05, 4.69) is 39.5 Å². The molecule has 0 aromatic heterocycles. The first-order valence-corrected chi connectivity index (χ1v) is 11.6. The van der Waals surface area contributed by atoms with E-state index in [0.29, 0.717) is 22.7 Å². The monoisotopic (exact) mass is 366 g/mol. The fourth-order valence-electron chi connectivity index (χ4n) is 8.56. The zero-order valence-electron chi connectivity index (χ0n) is 17.7. The van der Waals surface area contributed by atoms with Gasteiger partial charge >= 0.3 is 0 Å². The van der Waals surface area contributed by atoms with E-state index in [9.17, 15) is 5.11 Å². The Morgan fingerprint density at radius 2 is 1.81 bits per heavy atom. The minimum Gasteiger partial charge on any atom is -0.390 e. The summed E-state index contributed by atoms with van der Waals surface area (Å²) in [6.07, 6.45) is 17.4. The van der Waals surface area contributed by atoms with Crippen molar-refractivity contribution in [1.29, 1.82) is 0 Å². The van der Waals surface area contributed by atoms with Crippen molar-refractivity contribution in [3.8, 4) is 0 Å². The highest BCUT2D eigenvalue weighted by molar-refractivity contribution is 5.43. The van der Waals surface area contributed by atoms with Crippen molar-refractivity contribution in [2.45, 2.75) is 90.6 Å². The molecule has 27 heavy (non-hydrogen) atoms. The van der Waals surface area contributed by atoms with Crippen LogP contribution in [0.5, 0.6) is 0 Å². The zero-order valence-corrected chi connectivity index (χ0v) is 17.7. The molecule has 5 aliphatic rings. The Labute approximate surface area is 166 Å². The predicted molar refractivity (Wildman–Crippen MR) is 112 cm³/mol. The molecule has 6 unspecified atom stereocenters. The molecule has 1 N–H and O–H groups in total. The third-order valence-corrected chi connectivity index (χ3v) is 10.2. The van der Waals surface area contributed by atoms with E-state index in [0.717, 1.165) is 24.7 Å². The van der Waals surface area contributed by atoms with Crippen molar-refractivity contribution < 1.29 is 5.11 Å². The fourth-order valence-corrected chi connectivity index (χ4v) is 8.56. The minimum atomic E-state index is -0.364. The predicted octanol–water partition coefficient (Wildman–Crippen LogP) is 6.59. The average Bonchev–Trinajstić information content (AvgIpc) is 3.23. The molecular formula is C26H38O. The molecule has 1 spiro atoms. The lowest BCUT2D eigenvalue weighted by molar-refractivity contribution is -0.0521. The van der Waals surface area contributed by atoms with Gasteiger partial charge in [0.15, 0.2) is 0 Å². The van der Waals surface area contributed by atoms with Crippen molar-refractivity contribution in [3.63, 3.8) is 0 Å². The Bertz CT molecular complexity index is 720. The standard InChI is InChI=1S/C26H38O/c1-17(2)19-13-20-7-8-21-15-22(26(27)10-5-6-11-26)16-25(21)12-9-18(3)23(14-19)24(20,25)4/h9,12,19-22,27H,1,5-8,10-11,13-16H2,2-4H3. The van der Waals surface area contributed by atoms with Crippen molar-refractivity contribution >= 4 is 0 Å². The quantitative estimate of drug-likeness (QED) is 0.546. The maximum atomic E-state index is 11.4. The van der Waals surface area contributed by atoms with E-state index in [1.165, 1.54) is 62.5 Å². The molecule has 4 saturated carbocycles. The maximum Gasteiger partial charge on any atom is 0.0676 e. The molecule has 0 radical (unpaired) electrons. The highest BCUT2D eigenvalue weighted by Gasteiger charge is 2.66. The zero-order chi connectivity index (χ0) is 19.0. The summed E-state index contributed by atoms with van der Waals surface area (Å²) in [6, 6.07) is 0. The van der Waals surface area contributed by atoms with Crippen molar-refractivity contribution in [3.05, 3.63) is 35.5 Å². The van der Waals surface area contributed by atoms with Crippen LogP contribution in [0.4, 0.5) is 0 Å². The minimum absolute atomic E-state index is 0.299. The second-order valence-electron chi connectivity index (χ2n) is 11.1. The van der Waals surface area contributed by atoms with Gasteiger partial charge in [-0.2, -0.15) is 0 Å². The van der Waals surface area contributed by atoms with Crippen LogP contribution in [0.15, 0.2) is 35.5 Å². The molecule has 0 saturated heterocycles. The van der Waals surface area contributed by atoms with Gasteiger partial charge in [-0.25, -0.2) is 0 Å². The highest BCUT2D eigenvalue weighted by atomic mass is 16.3. The molecule has 0 heterocycles. The molecule has 5 aliphatic carbocycles. The lowest BCUT2D eigenvalue weighted by atomic mass is 9.41. The van der Waals surface area contributed by atoms with Crippen molar-refractivity contribution in [2.75, 3.05) is 0 Å². The van der Waals surface area contributed by atoms with Gasteiger partial charge in [-0.1, -0.05) is 55.2 Å². The molecular weight excluding hydrogens is 328 g/mol. The molecule has 0 aliphatic heterocycles. The molecule has 0 bridgehead atoms. The number of hydrogen-bond donors (Lipinski definition) is 1. The third kappa shape index (κ3) is 2.27. The lowest BCUT2D eigenvalue weighted by Gasteiger charge is -2.63. The van der Waals surface area contributed by atoms with Gasteiger partial charge in [0.2, 0.25) is 0 Å². The summed E-state index contributed by atoms with van der Waals surface area (Å²) >= 11 is 0. The number of hydrogen-bond acceptors (Lipinski definition) is 1. The van der Waals surface area contributed by atoms with Gasteiger partial charge in [0.25, 0.3) is 0 Å². The Hall–Kier alpha value is -0.820.